The van der Waals surface area contributed by atoms with Gasteiger partial charge in [0.25, 0.3) is 5.56 Å². The summed E-state index contributed by atoms with van der Waals surface area (Å²) in [5.74, 6) is 1.07. The van der Waals surface area contributed by atoms with E-state index in [0.29, 0.717) is 40.4 Å². The summed E-state index contributed by atoms with van der Waals surface area (Å²) < 4.78 is 13.6. The number of aromatic nitrogens is 4. The number of nitrogens with zero attached hydrogens (tertiary/aromatic N) is 4. The number of rotatable bonds is 4. The van der Waals surface area contributed by atoms with Crippen molar-refractivity contribution in [3.8, 4) is 11.5 Å². The van der Waals surface area contributed by atoms with Crippen molar-refractivity contribution in [2.45, 2.75) is 20.0 Å². The van der Waals surface area contributed by atoms with Crippen LogP contribution in [0.3, 0.4) is 0 Å². The van der Waals surface area contributed by atoms with Gasteiger partial charge in [-0.15, -0.1) is 0 Å². The lowest BCUT2D eigenvalue weighted by molar-refractivity contribution is -0.121. The summed E-state index contributed by atoms with van der Waals surface area (Å²) >= 11 is 0. The fourth-order valence-electron chi connectivity index (χ4n) is 3.43. The van der Waals surface area contributed by atoms with Crippen LogP contribution in [0.5, 0.6) is 11.5 Å². The van der Waals surface area contributed by atoms with E-state index in [0.717, 1.165) is 5.56 Å². The van der Waals surface area contributed by atoms with Crippen molar-refractivity contribution in [2.75, 3.05) is 6.79 Å². The monoisotopic (exact) mass is 391 g/mol. The number of amides is 1. The molecule has 0 saturated carbocycles. The van der Waals surface area contributed by atoms with Gasteiger partial charge in [0.05, 0.1) is 11.2 Å². The maximum Gasteiger partial charge on any atom is 0.277 e. The zero-order valence-electron chi connectivity index (χ0n) is 15.6. The fraction of sp³-hybridized carbons (Fsp3) is 0.200. The first-order valence-electron chi connectivity index (χ1n) is 9.09. The molecule has 1 aromatic carbocycles. The molecule has 1 N–H and O–H groups in total. The Hall–Kier alpha value is -3.88. The largest absolute Gasteiger partial charge is 0.454 e. The molecule has 29 heavy (non-hydrogen) atoms. The van der Waals surface area contributed by atoms with Crippen LogP contribution in [0.2, 0.25) is 0 Å². The molecule has 0 radical (unpaired) electrons. The molecule has 1 amide bonds. The molecule has 9 heteroatoms. The Morgan fingerprint density at radius 3 is 2.93 bits per heavy atom. The van der Waals surface area contributed by atoms with Crippen molar-refractivity contribution >= 4 is 22.6 Å². The minimum Gasteiger partial charge on any atom is -0.454 e. The third kappa shape index (κ3) is 2.96. The zero-order valence-corrected chi connectivity index (χ0v) is 15.6. The molecule has 4 aromatic rings. The molecule has 0 bridgehead atoms. The molecule has 9 nitrogen and oxygen atoms in total. The van der Waals surface area contributed by atoms with Crippen LogP contribution in [0.4, 0.5) is 0 Å². The van der Waals surface area contributed by atoms with E-state index in [1.54, 1.807) is 24.4 Å². The number of carbonyl (C=O) groups excluding carboxylic acids is 1. The summed E-state index contributed by atoms with van der Waals surface area (Å²) in [7, 11) is 0. The molecular formula is C20H17N5O4. The van der Waals surface area contributed by atoms with Gasteiger partial charge in [0.15, 0.2) is 17.1 Å². The number of nitrogens with one attached hydrogen (secondary N) is 1. The highest BCUT2D eigenvalue weighted by molar-refractivity contribution is 5.80. The van der Waals surface area contributed by atoms with Crippen molar-refractivity contribution in [3.63, 3.8) is 0 Å². The maximum atomic E-state index is 13.0. The van der Waals surface area contributed by atoms with Crippen LogP contribution in [0.1, 0.15) is 11.3 Å². The van der Waals surface area contributed by atoms with Crippen LogP contribution in [0.15, 0.2) is 47.4 Å². The SMILES string of the molecule is Cc1cc2c(=O)n(CC(=O)NCc3ccc4c(c3)OCO4)c3cccnc3n2n1. The van der Waals surface area contributed by atoms with E-state index in [1.807, 2.05) is 25.1 Å². The number of benzene rings is 1. The van der Waals surface area contributed by atoms with Gasteiger partial charge < -0.3 is 14.8 Å². The predicted molar refractivity (Wildman–Crippen MR) is 104 cm³/mol. The smallest absolute Gasteiger partial charge is 0.277 e. The molecule has 0 atom stereocenters. The lowest BCUT2D eigenvalue weighted by Crippen LogP contribution is -2.33. The quantitative estimate of drug-likeness (QED) is 0.565. The number of aryl methyl sites for hydroxylation is 1. The molecule has 1 aliphatic heterocycles. The summed E-state index contributed by atoms with van der Waals surface area (Å²) in [5, 5.41) is 7.19. The van der Waals surface area contributed by atoms with E-state index in [2.05, 4.69) is 15.4 Å². The molecule has 0 saturated heterocycles. The van der Waals surface area contributed by atoms with Crippen LogP contribution in [-0.2, 0) is 17.9 Å². The van der Waals surface area contributed by atoms with E-state index in [-0.39, 0.29) is 24.8 Å². The van der Waals surface area contributed by atoms with Crippen LogP contribution < -0.4 is 20.3 Å². The minimum atomic E-state index is -0.288. The Morgan fingerprint density at radius 1 is 1.17 bits per heavy atom. The van der Waals surface area contributed by atoms with Gasteiger partial charge >= 0.3 is 0 Å². The summed E-state index contributed by atoms with van der Waals surface area (Å²) in [6, 6.07) is 10.7. The third-order valence-corrected chi connectivity index (χ3v) is 4.78. The maximum absolute atomic E-state index is 13.0. The van der Waals surface area contributed by atoms with Crippen molar-refractivity contribution in [2.24, 2.45) is 0 Å². The van der Waals surface area contributed by atoms with Crippen molar-refractivity contribution in [3.05, 3.63) is 64.2 Å². The van der Waals surface area contributed by atoms with Gasteiger partial charge in [-0.05, 0) is 42.8 Å². The number of hydrogen-bond acceptors (Lipinski definition) is 6. The molecule has 0 spiro atoms. The van der Waals surface area contributed by atoms with Crippen LogP contribution in [0, 0.1) is 6.92 Å². The second-order valence-electron chi connectivity index (χ2n) is 6.78. The average Bonchev–Trinajstić information content (AvgIpc) is 3.35. The summed E-state index contributed by atoms with van der Waals surface area (Å²) in [6.07, 6.45) is 1.63. The zero-order chi connectivity index (χ0) is 20.0. The van der Waals surface area contributed by atoms with Crippen molar-refractivity contribution < 1.29 is 14.3 Å². The number of hydrogen-bond donors (Lipinski definition) is 1. The molecule has 5 rings (SSSR count). The van der Waals surface area contributed by atoms with E-state index in [4.69, 9.17) is 9.47 Å². The van der Waals surface area contributed by atoms with Crippen molar-refractivity contribution in [1.82, 2.24) is 24.5 Å². The lowest BCUT2D eigenvalue weighted by atomic mass is 10.2. The predicted octanol–water partition coefficient (Wildman–Crippen LogP) is 1.40. The fourth-order valence-corrected chi connectivity index (χ4v) is 3.43. The molecule has 0 fully saturated rings. The second kappa shape index (κ2) is 6.62. The Labute approximate surface area is 164 Å². The van der Waals surface area contributed by atoms with Crippen LogP contribution in [-0.4, -0.2) is 31.9 Å². The number of fused-ring (bicyclic) bond motifs is 4. The molecule has 0 aliphatic carbocycles. The van der Waals surface area contributed by atoms with Crippen molar-refractivity contribution in [1.29, 1.82) is 0 Å². The first-order chi connectivity index (χ1) is 14.1. The Kier molecular flexibility index (Phi) is 3.94. The summed E-state index contributed by atoms with van der Waals surface area (Å²) in [5.41, 5.74) is 2.76. The molecule has 4 heterocycles. The first-order valence-corrected chi connectivity index (χ1v) is 9.09. The summed E-state index contributed by atoms with van der Waals surface area (Å²) in [4.78, 5) is 29.9. The molecule has 146 valence electrons. The third-order valence-electron chi connectivity index (χ3n) is 4.78. The van der Waals surface area contributed by atoms with Gasteiger partial charge in [0.2, 0.25) is 12.7 Å². The Morgan fingerprint density at radius 2 is 2.03 bits per heavy atom. The van der Waals surface area contributed by atoms with E-state index >= 15 is 0 Å². The van der Waals surface area contributed by atoms with E-state index in [9.17, 15) is 9.59 Å². The molecule has 3 aromatic heterocycles. The van der Waals surface area contributed by atoms with Gasteiger partial charge in [-0.2, -0.15) is 5.10 Å². The average molecular weight is 391 g/mol. The van der Waals surface area contributed by atoms with Gasteiger partial charge in [-0.1, -0.05) is 6.07 Å². The molecule has 1 aliphatic rings. The van der Waals surface area contributed by atoms with Gasteiger partial charge in [0, 0.05) is 12.7 Å². The highest BCUT2D eigenvalue weighted by Gasteiger charge is 2.16. The highest BCUT2D eigenvalue weighted by Crippen LogP contribution is 2.32. The molecular weight excluding hydrogens is 374 g/mol. The Balaban J connectivity index is 1.42. The first kappa shape index (κ1) is 17.2. The number of pyridine rings is 1. The van der Waals surface area contributed by atoms with Crippen LogP contribution >= 0.6 is 0 Å². The minimum absolute atomic E-state index is 0.119. The van der Waals surface area contributed by atoms with Gasteiger partial charge in [-0.3, -0.25) is 14.2 Å². The van der Waals surface area contributed by atoms with Crippen LogP contribution in [0.25, 0.3) is 16.7 Å². The van der Waals surface area contributed by atoms with Gasteiger partial charge in [-0.25, -0.2) is 9.50 Å². The lowest BCUT2D eigenvalue weighted by Gasteiger charge is -2.11. The number of carbonyl (C=O) groups is 1. The number of ether oxygens (including phenoxy) is 2. The molecule has 0 unspecified atom stereocenters. The normalized spacial score (nSPS) is 12.6. The second-order valence-corrected chi connectivity index (χ2v) is 6.78. The highest BCUT2D eigenvalue weighted by atomic mass is 16.7. The van der Waals surface area contributed by atoms with E-state index < -0.39 is 0 Å². The standard InChI is InChI=1S/C20H17N5O4/c1-12-7-15-20(27)24(14-3-2-6-21-19(14)25(15)23-12)10-18(26)22-9-13-4-5-16-17(8-13)29-11-28-16/h2-8H,9-11H2,1H3,(H,22,26). The van der Waals surface area contributed by atoms with Gasteiger partial charge in [0.1, 0.15) is 12.1 Å². The van der Waals surface area contributed by atoms with E-state index in [1.165, 1.54) is 9.08 Å². The summed E-state index contributed by atoms with van der Waals surface area (Å²) in [6.45, 7) is 2.20. The Bertz CT molecular complexity index is 1320. The topological polar surface area (TPSA) is 99.8 Å².